The van der Waals surface area contributed by atoms with Crippen LogP contribution in [0.4, 0.5) is 0 Å². The minimum absolute atomic E-state index is 0.573. The lowest BCUT2D eigenvalue weighted by atomic mass is 9.68. The first-order valence-electron chi connectivity index (χ1n) is 6.52. The maximum absolute atomic E-state index is 5.75. The van der Waals surface area contributed by atoms with Crippen LogP contribution in [0.2, 0.25) is 0 Å². The van der Waals surface area contributed by atoms with Crippen molar-refractivity contribution in [3.63, 3.8) is 0 Å². The topological polar surface area (TPSA) is 9.23 Å². The van der Waals surface area contributed by atoms with E-state index in [1.54, 1.807) is 0 Å². The van der Waals surface area contributed by atoms with E-state index >= 15 is 0 Å². The van der Waals surface area contributed by atoms with Crippen molar-refractivity contribution in [2.75, 3.05) is 7.11 Å². The van der Waals surface area contributed by atoms with Crippen LogP contribution in [0.5, 0.6) is 0 Å². The molecule has 0 amide bonds. The summed E-state index contributed by atoms with van der Waals surface area (Å²) >= 11 is 0. The summed E-state index contributed by atoms with van der Waals surface area (Å²) in [6.07, 6.45) is 8.52. The highest BCUT2D eigenvalue weighted by atomic mass is 16.5. The van der Waals surface area contributed by atoms with Gasteiger partial charge in [0.25, 0.3) is 0 Å². The predicted octanol–water partition coefficient (Wildman–Crippen LogP) is 2.73. The highest BCUT2D eigenvalue weighted by Crippen LogP contribution is 2.67. The zero-order valence-corrected chi connectivity index (χ0v) is 9.60. The number of hydrogen-bond donors (Lipinski definition) is 0. The van der Waals surface area contributed by atoms with E-state index in [4.69, 9.17) is 4.74 Å². The largest absolute Gasteiger partial charge is 0.381 e. The Morgan fingerprint density at radius 1 is 1.00 bits per heavy atom. The number of methoxy groups -OCH3 is 1. The van der Waals surface area contributed by atoms with Crippen molar-refractivity contribution >= 4 is 0 Å². The third kappa shape index (κ3) is 0.860. The first-order chi connectivity index (χ1) is 7.31. The lowest BCUT2D eigenvalue weighted by molar-refractivity contribution is -0.0248. The van der Waals surface area contributed by atoms with Crippen molar-refractivity contribution in [1.82, 2.24) is 0 Å². The summed E-state index contributed by atoms with van der Waals surface area (Å²) in [5, 5.41) is 0. The number of rotatable bonds is 1. The van der Waals surface area contributed by atoms with Gasteiger partial charge in [-0.3, -0.25) is 0 Å². The zero-order chi connectivity index (χ0) is 10.2. The number of fused-ring (bicyclic) bond motifs is 9. The molecule has 4 aliphatic rings. The van der Waals surface area contributed by atoms with Crippen LogP contribution in [0.25, 0.3) is 0 Å². The summed E-state index contributed by atoms with van der Waals surface area (Å²) in [5.41, 5.74) is 0. The molecule has 0 aromatic carbocycles. The van der Waals surface area contributed by atoms with Crippen LogP contribution >= 0.6 is 0 Å². The number of allylic oxidation sites excluding steroid dienone is 2. The summed E-state index contributed by atoms with van der Waals surface area (Å²) in [6.45, 7) is 2.42. The molecule has 0 aliphatic heterocycles. The van der Waals surface area contributed by atoms with Crippen LogP contribution in [0.15, 0.2) is 12.2 Å². The van der Waals surface area contributed by atoms with Gasteiger partial charge in [-0.05, 0) is 54.3 Å². The van der Waals surface area contributed by atoms with Crippen molar-refractivity contribution in [3.8, 4) is 0 Å². The van der Waals surface area contributed by atoms with E-state index in [1.807, 2.05) is 7.11 Å². The summed E-state index contributed by atoms with van der Waals surface area (Å²) in [7, 11) is 1.92. The Bertz CT molecular complexity index is 321. The summed E-state index contributed by atoms with van der Waals surface area (Å²) in [4.78, 5) is 0. The van der Waals surface area contributed by atoms with Crippen molar-refractivity contribution in [1.29, 1.82) is 0 Å². The van der Waals surface area contributed by atoms with E-state index in [2.05, 4.69) is 19.1 Å². The third-order valence-electron chi connectivity index (χ3n) is 6.00. The molecular weight excluding hydrogens is 184 g/mol. The molecule has 15 heavy (non-hydrogen) atoms. The van der Waals surface area contributed by atoms with Gasteiger partial charge in [0.15, 0.2) is 0 Å². The molecule has 0 saturated heterocycles. The van der Waals surface area contributed by atoms with Crippen LogP contribution in [0.1, 0.15) is 19.8 Å². The molecule has 4 aliphatic carbocycles. The summed E-state index contributed by atoms with van der Waals surface area (Å²) < 4.78 is 5.75. The van der Waals surface area contributed by atoms with Crippen LogP contribution in [-0.4, -0.2) is 13.2 Å². The maximum atomic E-state index is 5.75. The quantitative estimate of drug-likeness (QED) is 0.471. The monoisotopic (exact) mass is 204 g/mol. The van der Waals surface area contributed by atoms with Gasteiger partial charge >= 0.3 is 0 Å². The Morgan fingerprint density at radius 2 is 1.67 bits per heavy atom. The summed E-state index contributed by atoms with van der Waals surface area (Å²) in [5.74, 6) is 6.56. The predicted molar refractivity (Wildman–Crippen MR) is 59.3 cm³/mol. The molecule has 1 nitrogen and oxygen atoms in total. The second kappa shape index (κ2) is 2.68. The molecule has 82 valence electrons. The van der Waals surface area contributed by atoms with Crippen molar-refractivity contribution in [2.45, 2.75) is 25.9 Å². The van der Waals surface area contributed by atoms with Gasteiger partial charge in [-0.1, -0.05) is 19.1 Å². The highest BCUT2D eigenvalue weighted by molar-refractivity contribution is 5.21. The fraction of sp³-hybridized carbons (Fsp3) is 0.857. The molecule has 4 bridgehead atoms. The van der Waals surface area contributed by atoms with Crippen LogP contribution in [-0.2, 0) is 4.74 Å². The van der Waals surface area contributed by atoms with E-state index in [1.165, 1.54) is 12.8 Å². The Hall–Kier alpha value is -0.300. The standard InChI is InChI=1S/C14H20O/c1-7-10-6-11(14(7)15-2)13-9-4-3-8(5-9)12(10)13/h3-4,7-14H,5-6H2,1-2H3. The average molecular weight is 204 g/mol. The molecule has 0 spiro atoms. The molecule has 0 heterocycles. The fourth-order valence-electron chi connectivity index (χ4n) is 5.67. The minimum atomic E-state index is 0.573. The molecule has 0 N–H and O–H groups in total. The maximum Gasteiger partial charge on any atom is 0.0630 e. The van der Waals surface area contributed by atoms with E-state index in [0.29, 0.717) is 6.10 Å². The van der Waals surface area contributed by atoms with E-state index in [-0.39, 0.29) is 0 Å². The van der Waals surface area contributed by atoms with Crippen LogP contribution in [0, 0.1) is 41.4 Å². The lowest BCUT2D eigenvalue weighted by Gasteiger charge is -2.39. The SMILES string of the molecule is COC1C(C)C2CC1C1C3C=CC(C3)C21. The van der Waals surface area contributed by atoms with Gasteiger partial charge in [-0.15, -0.1) is 0 Å². The summed E-state index contributed by atoms with van der Waals surface area (Å²) in [6, 6.07) is 0. The van der Waals surface area contributed by atoms with Gasteiger partial charge < -0.3 is 4.74 Å². The van der Waals surface area contributed by atoms with Gasteiger partial charge in [0.05, 0.1) is 6.10 Å². The van der Waals surface area contributed by atoms with Crippen molar-refractivity contribution in [2.24, 2.45) is 41.4 Å². The van der Waals surface area contributed by atoms with Gasteiger partial charge in [-0.25, -0.2) is 0 Å². The molecule has 0 radical (unpaired) electrons. The molecule has 8 atom stereocenters. The second-order valence-electron chi connectivity index (χ2n) is 6.23. The smallest absolute Gasteiger partial charge is 0.0630 e. The molecule has 4 rings (SSSR count). The van der Waals surface area contributed by atoms with Crippen molar-refractivity contribution in [3.05, 3.63) is 12.2 Å². The van der Waals surface area contributed by atoms with Gasteiger partial charge in [0.2, 0.25) is 0 Å². The number of ether oxygens (including phenoxy) is 1. The van der Waals surface area contributed by atoms with E-state index in [9.17, 15) is 0 Å². The molecule has 0 aromatic rings. The first-order valence-corrected chi connectivity index (χ1v) is 6.52. The number of hydrogen-bond acceptors (Lipinski definition) is 1. The van der Waals surface area contributed by atoms with Crippen molar-refractivity contribution < 1.29 is 4.74 Å². The van der Waals surface area contributed by atoms with Gasteiger partial charge in [0, 0.05) is 7.11 Å². The van der Waals surface area contributed by atoms with Crippen LogP contribution < -0.4 is 0 Å². The van der Waals surface area contributed by atoms with Gasteiger partial charge in [0.1, 0.15) is 0 Å². The van der Waals surface area contributed by atoms with E-state index < -0.39 is 0 Å². The van der Waals surface area contributed by atoms with Gasteiger partial charge in [-0.2, -0.15) is 0 Å². The molecule has 3 saturated carbocycles. The average Bonchev–Trinajstić information content (AvgIpc) is 2.94. The Morgan fingerprint density at radius 3 is 2.33 bits per heavy atom. The Kier molecular flexibility index (Phi) is 1.58. The Labute approximate surface area is 91.9 Å². The zero-order valence-electron chi connectivity index (χ0n) is 9.60. The normalized spacial score (nSPS) is 64.1. The van der Waals surface area contributed by atoms with E-state index in [0.717, 1.165) is 41.4 Å². The Balaban J connectivity index is 1.73. The molecule has 1 heteroatoms. The second-order valence-corrected chi connectivity index (χ2v) is 6.23. The molecule has 8 unspecified atom stereocenters. The third-order valence-corrected chi connectivity index (χ3v) is 6.00. The lowest BCUT2D eigenvalue weighted by Crippen LogP contribution is -2.39. The molecule has 0 aromatic heterocycles. The molecule has 3 fully saturated rings. The highest BCUT2D eigenvalue weighted by Gasteiger charge is 2.63. The first kappa shape index (κ1) is 8.81. The van der Waals surface area contributed by atoms with Crippen LogP contribution in [0.3, 0.4) is 0 Å². The fourth-order valence-corrected chi connectivity index (χ4v) is 5.67. The minimum Gasteiger partial charge on any atom is -0.381 e. The molecular formula is C14H20O.